The maximum Gasteiger partial charge on any atom is 0.213 e. The molecule has 0 saturated carbocycles. The molecule has 1 unspecified atom stereocenters. The highest BCUT2D eigenvalue weighted by Crippen LogP contribution is 2.12. The molecule has 1 aromatic heterocycles. The van der Waals surface area contributed by atoms with E-state index in [1.54, 1.807) is 18.2 Å². The van der Waals surface area contributed by atoms with Crippen molar-refractivity contribution >= 4 is 0 Å². The molecule has 0 fully saturated rings. The van der Waals surface area contributed by atoms with Crippen LogP contribution in [0.4, 0.5) is 0 Å². The molecule has 0 aliphatic heterocycles. The summed E-state index contributed by atoms with van der Waals surface area (Å²) in [6, 6.07) is 5.01. The second kappa shape index (κ2) is 4.04. The molecule has 1 heterocycles. The summed E-state index contributed by atoms with van der Waals surface area (Å²) in [5.74, 6) is 0.431. The molecule has 1 atom stereocenters. The third-order valence-electron chi connectivity index (χ3n) is 1.47. The van der Waals surface area contributed by atoms with Crippen molar-refractivity contribution in [3.8, 4) is 5.88 Å². The standard InChI is InChI=1S/C8H11NO3/c1-12-8-4-2-3-6(9-8)7(11)5-10/h2-4,7,10-11H,5H2,1H3. The number of rotatable bonds is 3. The first kappa shape index (κ1) is 8.96. The number of nitrogens with zero attached hydrogens (tertiary/aromatic N) is 1. The topological polar surface area (TPSA) is 62.6 Å². The molecular weight excluding hydrogens is 158 g/mol. The summed E-state index contributed by atoms with van der Waals surface area (Å²) in [7, 11) is 1.50. The van der Waals surface area contributed by atoms with Gasteiger partial charge in [-0.2, -0.15) is 0 Å². The van der Waals surface area contributed by atoms with Crippen LogP contribution < -0.4 is 4.74 Å². The molecular formula is C8H11NO3. The van der Waals surface area contributed by atoms with Crippen LogP contribution in [0, 0.1) is 0 Å². The van der Waals surface area contributed by atoms with Crippen LogP contribution in [-0.4, -0.2) is 28.9 Å². The summed E-state index contributed by atoms with van der Waals surface area (Å²) >= 11 is 0. The lowest BCUT2D eigenvalue weighted by molar-refractivity contribution is 0.0917. The lowest BCUT2D eigenvalue weighted by atomic mass is 10.2. The largest absolute Gasteiger partial charge is 0.481 e. The van der Waals surface area contributed by atoms with Gasteiger partial charge in [0, 0.05) is 6.07 Å². The van der Waals surface area contributed by atoms with Crippen molar-refractivity contribution in [3.05, 3.63) is 23.9 Å². The summed E-state index contributed by atoms with van der Waals surface area (Å²) in [5, 5.41) is 17.8. The summed E-state index contributed by atoms with van der Waals surface area (Å²) in [4.78, 5) is 3.93. The van der Waals surface area contributed by atoms with Gasteiger partial charge in [0.05, 0.1) is 19.4 Å². The van der Waals surface area contributed by atoms with E-state index >= 15 is 0 Å². The Balaban J connectivity index is 2.86. The first-order chi connectivity index (χ1) is 5.77. The van der Waals surface area contributed by atoms with Crippen molar-refractivity contribution in [2.75, 3.05) is 13.7 Å². The molecule has 0 aliphatic carbocycles. The third kappa shape index (κ3) is 1.93. The fourth-order valence-electron chi connectivity index (χ4n) is 0.824. The van der Waals surface area contributed by atoms with Crippen LogP contribution in [0.25, 0.3) is 0 Å². The number of hydrogen-bond acceptors (Lipinski definition) is 4. The van der Waals surface area contributed by atoms with Crippen molar-refractivity contribution in [2.24, 2.45) is 0 Å². The van der Waals surface area contributed by atoms with E-state index in [4.69, 9.17) is 9.84 Å². The zero-order valence-corrected chi connectivity index (χ0v) is 6.77. The van der Waals surface area contributed by atoms with Gasteiger partial charge in [-0.3, -0.25) is 0 Å². The van der Waals surface area contributed by atoms with Crippen LogP contribution in [-0.2, 0) is 0 Å². The van der Waals surface area contributed by atoms with Crippen LogP contribution in [0.1, 0.15) is 11.8 Å². The van der Waals surface area contributed by atoms with Gasteiger partial charge in [-0.05, 0) is 6.07 Å². The minimum atomic E-state index is -0.930. The first-order valence-corrected chi connectivity index (χ1v) is 3.57. The lowest BCUT2D eigenvalue weighted by Gasteiger charge is -2.06. The van der Waals surface area contributed by atoms with Gasteiger partial charge in [0.1, 0.15) is 6.10 Å². The summed E-state index contributed by atoms with van der Waals surface area (Å²) < 4.78 is 4.85. The molecule has 0 aromatic carbocycles. The minimum Gasteiger partial charge on any atom is -0.481 e. The van der Waals surface area contributed by atoms with Crippen LogP contribution in [0.2, 0.25) is 0 Å². The number of aromatic nitrogens is 1. The molecule has 0 saturated heterocycles. The van der Waals surface area contributed by atoms with Gasteiger partial charge in [-0.1, -0.05) is 6.07 Å². The molecule has 66 valence electrons. The van der Waals surface area contributed by atoms with Crippen LogP contribution in [0.3, 0.4) is 0 Å². The van der Waals surface area contributed by atoms with Gasteiger partial charge in [0.25, 0.3) is 0 Å². The van der Waals surface area contributed by atoms with E-state index in [9.17, 15) is 5.11 Å². The predicted octanol–water partition coefficient (Wildman–Crippen LogP) is 0.116. The lowest BCUT2D eigenvalue weighted by Crippen LogP contribution is -2.05. The molecule has 0 bridgehead atoms. The maximum atomic E-state index is 9.18. The first-order valence-electron chi connectivity index (χ1n) is 3.57. The predicted molar refractivity (Wildman–Crippen MR) is 42.8 cm³/mol. The Morgan fingerprint density at radius 2 is 2.33 bits per heavy atom. The normalized spacial score (nSPS) is 12.6. The van der Waals surface area contributed by atoms with Gasteiger partial charge in [0.2, 0.25) is 5.88 Å². The van der Waals surface area contributed by atoms with Crippen molar-refractivity contribution in [1.82, 2.24) is 4.98 Å². The van der Waals surface area contributed by atoms with Gasteiger partial charge in [0.15, 0.2) is 0 Å². The van der Waals surface area contributed by atoms with E-state index in [1.165, 1.54) is 7.11 Å². The highest BCUT2D eigenvalue weighted by Gasteiger charge is 2.07. The molecule has 0 spiro atoms. The summed E-state index contributed by atoms with van der Waals surface area (Å²) in [6.45, 7) is -0.333. The van der Waals surface area contributed by atoms with Crippen molar-refractivity contribution in [1.29, 1.82) is 0 Å². The van der Waals surface area contributed by atoms with E-state index in [0.717, 1.165) is 0 Å². The fourth-order valence-corrected chi connectivity index (χ4v) is 0.824. The molecule has 12 heavy (non-hydrogen) atoms. The smallest absolute Gasteiger partial charge is 0.213 e. The average Bonchev–Trinajstić information content (AvgIpc) is 2.17. The Bertz CT molecular complexity index is 252. The van der Waals surface area contributed by atoms with Gasteiger partial charge in [-0.15, -0.1) is 0 Å². The van der Waals surface area contributed by atoms with E-state index in [-0.39, 0.29) is 6.61 Å². The van der Waals surface area contributed by atoms with Crippen molar-refractivity contribution < 1.29 is 14.9 Å². The molecule has 4 heteroatoms. The minimum absolute atomic E-state index is 0.333. The molecule has 1 rings (SSSR count). The van der Waals surface area contributed by atoms with E-state index in [2.05, 4.69) is 4.98 Å². The van der Waals surface area contributed by atoms with Gasteiger partial charge < -0.3 is 14.9 Å². The number of methoxy groups -OCH3 is 1. The molecule has 0 amide bonds. The van der Waals surface area contributed by atoms with Crippen molar-refractivity contribution in [2.45, 2.75) is 6.10 Å². The number of pyridine rings is 1. The van der Waals surface area contributed by atoms with E-state index in [1.807, 2.05) is 0 Å². The maximum absolute atomic E-state index is 9.18. The summed E-state index contributed by atoms with van der Waals surface area (Å²) in [6.07, 6.45) is -0.930. The van der Waals surface area contributed by atoms with Crippen LogP contribution >= 0.6 is 0 Å². The number of aliphatic hydroxyl groups excluding tert-OH is 2. The van der Waals surface area contributed by atoms with E-state index < -0.39 is 6.10 Å². The monoisotopic (exact) mass is 169 g/mol. The highest BCUT2D eigenvalue weighted by atomic mass is 16.5. The molecule has 2 N–H and O–H groups in total. The van der Waals surface area contributed by atoms with Crippen LogP contribution in [0.15, 0.2) is 18.2 Å². The SMILES string of the molecule is COc1cccc(C(O)CO)n1. The number of aliphatic hydroxyl groups is 2. The summed E-state index contributed by atoms with van der Waals surface area (Å²) in [5.41, 5.74) is 0.414. The molecule has 0 aliphatic rings. The Morgan fingerprint density at radius 1 is 1.58 bits per heavy atom. The number of ether oxygens (including phenoxy) is 1. The average molecular weight is 169 g/mol. The van der Waals surface area contributed by atoms with E-state index in [0.29, 0.717) is 11.6 Å². The second-order valence-corrected chi connectivity index (χ2v) is 2.30. The van der Waals surface area contributed by atoms with Crippen molar-refractivity contribution in [3.63, 3.8) is 0 Å². The second-order valence-electron chi connectivity index (χ2n) is 2.30. The molecule has 0 radical (unpaired) electrons. The Kier molecular flexibility index (Phi) is 3.01. The third-order valence-corrected chi connectivity index (χ3v) is 1.47. The van der Waals surface area contributed by atoms with Gasteiger partial charge in [-0.25, -0.2) is 4.98 Å². The zero-order chi connectivity index (χ0) is 8.97. The fraction of sp³-hybridized carbons (Fsp3) is 0.375. The quantitative estimate of drug-likeness (QED) is 0.674. The Hall–Kier alpha value is -1.13. The Labute approximate surface area is 70.4 Å². The molecule has 4 nitrogen and oxygen atoms in total. The van der Waals surface area contributed by atoms with Gasteiger partial charge >= 0.3 is 0 Å². The van der Waals surface area contributed by atoms with Crippen LogP contribution in [0.5, 0.6) is 5.88 Å². The molecule has 1 aromatic rings. The Morgan fingerprint density at radius 3 is 2.92 bits per heavy atom. The zero-order valence-electron chi connectivity index (χ0n) is 6.77. The highest BCUT2D eigenvalue weighted by molar-refractivity contribution is 5.17. The number of hydrogen-bond donors (Lipinski definition) is 2.